The summed E-state index contributed by atoms with van der Waals surface area (Å²) in [4.78, 5) is 12.8. The van der Waals surface area contributed by atoms with Crippen molar-refractivity contribution in [3.05, 3.63) is 89.7 Å². The number of sulfonamides is 1. The molecule has 1 aliphatic rings. The molecule has 0 saturated carbocycles. The summed E-state index contributed by atoms with van der Waals surface area (Å²) in [5.74, 6) is -0.763. The fourth-order valence-corrected chi connectivity index (χ4v) is 3.87. The number of halogens is 1. The van der Waals surface area contributed by atoms with Crippen LogP contribution in [-0.4, -0.2) is 27.6 Å². The Hall–Kier alpha value is -3.65. The Morgan fingerprint density at radius 3 is 2.32 bits per heavy atom. The number of benzene rings is 3. The van der Waals surface area contributed by atoms with Crippen LogP contribution in [-0.2, 0) is 14.8 Å². The third-order valence-electron chi connectivity index (χ3n) is 5.04. The SMILES string of the molecule is CN(c1ccc(NC(=C2C(=O)Nc3cc(F)ccc32)c2ccccc2)cc1)S(C)(=O)=O. The fourth-order valence-electron chi connectivity index (χ4n) is 3.37. The number of carbonyl (C=O) groups excluding carboxylic acids is 1. The Labute approximate surface area is 180 Å². The lowest BCUT2D eigenvalue weighted by atomic mass is 10.00. The highest BCUT2D eigenvalue weighted by molar-refractivity contribution is 7.92. The number of carbonyl (C=O) groups is 1. The molecule has 158 valence electrons. The minimum atomic E-state index is -3.37. The lowest BCUT2D eigenvalue weighted by Gasteiger charge is -2.18. The molecule has 0 bridgehead atoms. The second-order valence-corrected chi connectivity index (χ2v) is 9.18. The van der Waals surface area contributed by atoms with Gasteiger partial charge in [-0.25, -0.2) is 12.8 Å². The van der Waals surface area contributed by atoms with Gasteiger partial charge in [-0.15, -0.1) is 0 Å². The molecule has 0 radical (unpaired) electrons. The third-order valence-corrected chi connectivity index (χ3v) is 6.24. The molecule has 3 aromatic carbocycles. The number of hydrogen-bond donors (Lipinski definition) is 2. The van der Waals surface area contributed by atoms with E-state index in [9.17, 15) is 17.6 Å². The van der Waals surface area contributed by atoms with E-state index >= 15 is 0 Å². The van der Waals surface area contributed by atoms with E-state index in [2.05, 4.69) is 10.6 Å². The van der Waals surface area contributed by atoms with E-state index in [0.717, 1.165) is 11.8 Å². The van der Waals surface area contributed by atoms with Crippen molar-refractivity contribution in [2.45, 2.75) is 0 Å². The van der Waals surface area contributed by atoms with Crippen LogP contribution in [0.2, 0.25) is 0 Å². The number of amides is 1. The smallest absolute Gasteiger partial charge is 0.258 e. The van der Waals surface area contributed by atoms with Crippen LogP contribution < -0.4 is 14.9 Å². The van der Waals surface area contributed by atoms with Crippen LogP contribution in [0.4, 0.5) is 21.5 Å². The van der Waals surface area contributed by atoms with E-state index in [0.29, 0.717) is 33.9 Å². The summed E-state index contributed by atoms with van der Waals surface area (Å²) < 4.78 is 38.4. The van der Waals surface area contributed by atoms with Crippen molar-refractivity contribution in [1.29, 1.82) is 0 Å². The van der Waals surface area contributed by atoms with Gasteiger partial charge in [0.25, 0.3) is 5.91 Å². The van der Waals surface area contributed by atoms with E-state index in [-0.39, 0.29) is 5.91 Å². The molecule has 1 amide bonds. The molecular formula is C23H20FN3O3S. The van der Waals surface area contributed by atoms with Crippen molar-refractivity contribution in [1.82, 2.24) is 0 Å². The van der Waals surface area contributed by atoms with Gasteiger partial charge in [0.1, 0.15) is 5.82 Å². The Bertz CT molecular complexity index is 1290. The van der Waals surface area contributed by atoms with Gasteiger partial charge in [-0.2, -0.15) is 0 Å². The molecule has 0 aromatic heterocycles. The molecule has 0 fully saturated rings. The van der Waals surface area contributed by atoms with Crippen molar-refractivity contribution >= 4 is 44.3 Å². The molecule has 2 N–H and O–H groups in total. The van der Waals surface area contributed by atoms with Crippen molar-refractivity contribution in [3.8, 4) is 0 Å². The number of nitrogens with one attached hydrogen (secondary N) is 2. The topological polar surface area (TPSA) is 78.5 Å². The molecule has 0 spiro atoms. The Morgan fingerprint density at radius 1 is 1.00 bits per heavy atom. The summed E-state index contributed by atoms with van der Waals surface area (Å²) in [6, 6.07) is 20.3. The second kappa shape index (κ2) is 7.88. The van der Waals surface area contributed by atoms with Crippen LogP contribution in [0, 0.1) is 5.82 Å². The van der Waals surface area contributed by atoms with Crippen LogP contribution >= 0.6 is 0 Å². The summed E-state index contributed by atoms with van der Waals surface area (Å²) in [7, 11) is -1.89. The maximum Gasteiger partial charge on any atom is 0.258 e. The lowest BCUT2D eigenvalue weighted by Crippen LogP contribution is -2.24. The molecule has 0 saturated heterocycles. The van der Waals surface area contributed by atoms with Crippen molar-refractivity contribution in [2.24, 2.45) is 0 Å². The van der Waals surface area contributed by atoms with Gasteiger partial charge in [0.15, 0.2) is 0 Å². The van der Waals surface area contributed by atoms with E-state index < -0.39 is 15.8 Å². The molecule has 6 nitrogen and oxygen atoms in total. The average molecular weight is 437 g/mol. The van der Waals surface area contributed by atoms with Gasteiger partial charge in [0.2, 0.25) is 10.0 Å². The van der Waals surface area contributed by atoms with E-state index in [1.807, 2.05) is 30.3 Å². The van der Waals surface area contributed by atoms with Crippen LogP contribution in [0.5, 0.6) is 0 Å². The predicted octanol–water partition coefficient (Wildman–Crippen LogP) is 4.15. The van der Waals surface area contributed by atoms with Crippen molar-refractivity contribution < 1.29 is 17.6 Å². The van der Waals surface area contributed by atoms with E-state index in [1.165, 1.54) is 23.5 Å². The summed E-state index contributed by atoms with van der Waals surface area (Å²) in [5.41, 5.74) is 3.95. The van der Waals surface area contributed by atoms with Crippen LogP contribution in [0.25, 0.3) is 11.3 Å². The average Bonchev–Trinajstić information content (AvgIpc) is 3.06. The second-order valence-electron chi connectivity index (χ2n) is 7.16. The highest BCUT2D eigenvalue weighted by Gasteiger charge is 2.28. The summed E-state index contributed by atoms with van der Waals surface area (Å²) >= 11 is 0. The standard InChI is InChI=1S/C23H20FN3O3S/c1-27(31(2,29)30)18-11-9-17(10-12-18)25-22(15-6-4-3-5-7-15)21-19-13-8-16(24)14-20(19)26-23(21)28/h3-14,25H,1-2H3,(H,26,28). The summed E-state index contributed by atoms with van der Waals surface area (Å²) in [5, 5.41) is 6.00. The fraction of sp³-hybridized carbons (Fsp3) is 0.0870. The predicted molar refractivity (Wildman–Crippen MR) is 122 cm³/mol. The van der Waals surface area contributed by atoms with Gasteiger partial charge in [-0.1, -0.05) is 30.3 Å². The minimum Gasteiger partial charge on any atom is -0.354 e. The van der Waals surface area contributed by atoms with E-state index in [1.54, 1.807) is 30.3 Å². The van der Waals surface area contributed by atoms with E-state index in [4.69, 9.17) is 0 Å². The highest BCUT2D eigenvalue weighted by atomic mass is 32.2. The number of hydrogen-bond acceptors (Lipinski definition) is 4. The van der Waals surface area contributed by atoms with Gasteiger partial charge in [0.05, 0.1) is 28.9 Å². The molecule has 1 aliphatic heterocycles. The first-order chi connectivity index (χ1) is 14.7. The molecule has 0 unspecified atom stereocenters. The molecule has 31 heavy (non-hydrogen) atoms. The van der Waals surface area contributed by atoms with Crippen LogP contribution in [0.15, 0.2) is 72.8 Å². The zero-order valence-corrected chi connectivity index (χ0v) is 17.7. The van der Waals surface area contributed by atoms with Gasteiger partial charge < -0.3 is 10.6 Å². The number of anilines is 3. The van der Waals surface area contributed by atoms with Gasteiger partial charge in [-0.3, -0.25) is 9.10 Å². The zero-order chi connectivity index (χ0) is 22.2. The lowest BCUT2D eigenvalue weighted by molar-refractivity contribution is -0.110. The third kappa shape index (κ3) is 4.15. The first-order valence-electron chi connectivity index (χ1n) is 9.46. The molecule has 0 atom stereocenters. The molecular weight excluding hydrogens is 417 g/mol. The Kier molecular flexibility index (Phi) is 5.24. The zero-order valence-electron chi connectivity index (χ0n) is 16.9. The summed E-state index contributed by atoms with van der Waals surface area (Å²) in [6.07, 6.45) is 1.13. The monoisotopic (exact) mass is 437 g/mol. The first kappa shape index (κ1) is 20.6. The van der Waals surface area contributed by atoms with Crippen LogP contribution in [0.3, 0.4) is 0 Å². The molecule has 8 heteroatoms. The largest absolute Gasteiger partial charge is 0.354 e. The molecule has 0 aliphatic carbocycles. The van der Waals surface area contributed by atoms with Gasteiger partial charge >= 0.3 is 0 Å². The molecule has 3 aromatic rings. The minimum absolute atomic E-state index is 0.333. The normalized spacial score (nSPS) is 14.6. The Morgan fingerprint density at radius 2 is 1.68 bits per heavy atom. The highest BCUT2D eigenvalue weighted by Crippen LogP contribution is 2.38. The van der Waals surface area contributed by atoms with Crippen LogP contribution in [0.1, 0.15) is 11.1 Å². The van der Waals surface area contributed by atoms with Gasteiger partial charge in [0, 0.05) is 18.3 Å². The maximum atomic E-state index is 13.6. The van der Waals surface area contributed by atoms with Crippen molar-refractivity contribution in [2.75, 3.05) is 28.2 Å². The number of rotatable bonds is 5. The number of fused-ring (bicyclic) bond motifs is 1. The maximum absolute atomic E-state index is 13.6. The van der Waals surface area contributed by atoms with Gasteiger partial charge in [-0.05, 0) is 48.0 Å². The van der Waals surface area contributed by atoms with Crippen molar-refractivity contribution in [3.63, 3.8) is 0 Å². The molecule has 4 rings (SSSR count). The quantitative estimate of drug-likeness (QED) is 0.588. The first-order valence-corrected chi connectivity index (χ1v) is 11.3. The number of nitrogens with zero attached hydrogens (tertiary/aromatic N) is 1. The molecule has 1 heterocycles. The Balaban J connectivity index is 1.79. The summed E-state index contributed by atoms with van der Waals surface area (Å²) in [6.45, 7) is 0.